The Labute approximate surface area is 312 Å². The van der Waals surface area contributed by atoms with Gasteiger partial charge < -0.3 is 29.7 Å². The van der Waals surface area contributed by atoms with Gasteiger partial charge in [0.25, 0.3) is 0 Å². The van der Waals surface area contributed by atoms with Gasteiger partial charge in [-0.25, -0.2) is 0 Å². The SMILES string of the molecule is OCCOC1(OCCO)C=CC2=CC(c3cccc4c3[nH]c3ccccc34)(c3cccc4c3[nH]c3ccccc34)C=CC2=C1c1cccc2ccccc12. The van der Waals surface area contributed by atoms with E-state index in [0.717, 1.165) is 66.2 Å². The molecule has 0 fully saturated rings. The van der Waals surface area contributed by atoms with E-state index < -0.39 is 11.2 Å². The predicted octanol–water partition coefficient (Wildman–Crippen LogP) is 9.63. The Morgan fingerprint density at radius 3 is 1.69 bits per heavy atom. The standard InChI is InChI=1S/C48H38N2O4/c51-26-28-53-48(54-29-27-52)25-22-32-30-47(40-18-8-16-38-35-13-3-5-20-42(35)49-45(38)40,41-19-9-17-39-36-14-4-6-21-43(36)50-46(39)41)24-23-34(32)44(48)37-15-7-11-31-10-1-2-12-33(31)37/h1-25,30,49-52H,26-29H2. The summed E-state index contributed by atoms with van der Waals surface area (Å²) in [4.78, 5) is 7.62. The fourth-order valence-electron chi connectivity index (χ4n) is 8.89. The van der Waals surface area contributed by atoms with E-state index in [1.807, 2.05) is 18.2 Å². The largest absolute Gasteiger partial charge is 0.394 e. The summed E-state index contributed by atoms with van der Waals surface area (Å²) >= 11 is 0. The Hall–Kier alpha value is -6.02. The van der Waals surface area contributed by atoms with Crippen molar-refractivity contribution >= 4 is 60.0 Å². The number of aromatic amines is 2. The Bertz CT molecular complexity index is 2760. The molecular formula is C48H38N2O4. The quantitative estimate of drug-likeness (QED) is 0.113. The molecule has 2 heterocycles. The molecule has 0 unspecified atom stereocenters. The molecule has 0 aliphatic heterocycles. The number of aromatic nitrogens is 2. The Morgan fingerprint density at radius 2 is 1.06 bits per heavy atom. The number of benzene rings is 6. The molecule has 0 amide bonds. The Kier molecular flexibility index (Phi) is 7.75. The molecule has 264 valence electrons. The van der Waals surface area contributed by atoms with Gasteiger partial charge in [-0.15, -0.1) is 0 Å². The van der Waals surface area contributed by atoms with Crippen LogP contribution >= 0.6 is 0 Å². The molecule has 0 radical (unpaired) electrons. The molecule has 2 aromatic heterocycles. The van der Waals surface area contributed by atoms with Gasteiger partial charge in [0.15, 0.2) is 0 Å². The van der Waals surface area contributed by atoms with Gasteiger partial charge in [-0.1, -0.05) is 140 Å². The molecule has 54 heavy (non-hydrogen) atoms. The lowest BCUT2D eigenvalue weighted by atomic mass is 9.67. The zero-order chi connectivity index (χ0) is 36.3. The van der Waals surface area contributed by atoms with E-state index in [9.17, 15) is 10.2 Å². The van der Waals surface area contributed by atoms with Gasteiger partial charge in [-0.05, 0) is 56.8 Å². The maximum Gasteiger partial charge on any atom is 0.216 e. The van der Waals surface area contributed by atoms with Gasteiger partial charge in [0.1, 0.15) is 0 Å². The third-order valence-electron chi connectivity index (χ3n) is 11.2. The van der Waals surface area contributed by atoms with Gasteiger partial charge in [-0.3, -0.25) is 0 Å². The number of aliphatic hydroxyl groups is 2. The van der Waals surface area contributed by atoms with E-state index in [4.69, 9.17) is 9.47 Å². The first-order chi connectivity index (χ1) is 26.6. The van der Waals surface area contributed by atoms with E-state index in [-0.39, 0.29) is 26.4 Å². The van der Waals surface area contributed by atoms with Crippen LogP contribution < -0.4 is 0 Å². The number of H-pyrrole nitrogens is 2. The van der Waals surface area contributed by atoms with Gasteiger partial charge >= 0.3 is 0 Å². The van der Waals surface area contributed by atoms with Crippen molar-refractivity contribution in [2.75, 3.05) is 26.4 Å². The minimum atomic E-state index is -1.36. The van der Waals surface area contributed by atoms with Gasteiger partial charge in [0.05, 0.1) is 42.9 Å². The topological polar surface area (TPSA) is 90.5 Å². The van der Waals surface area contributed by atoms with Crippen molar-refractivity contribution in [2.24, 2.45) is 0 Å². The summed E-state index contributed by atoms with van der Waals surface area (Å²) in [6.45, 7) is -0.259. The fraction of sp³-hybridized carbons (Fsp3) is 0.125. The Balaban J connectivity index is 1.30. The lowest BCUT2D eigenvalue weighted by Crippen LogP contribution is -2.40. The van der Waals surface area contributed by atoms with Gasteiger partial charge in [0, 0.05) is 38.2 Å². The van der Waals surface area contributed by atoms with Crippen LogP contribution in [0.3, 0.4) is 0 Å². The summed E-state index contributed by atoms with van der Waals surface area (Å²) in [5.41, 5.74) is 9.66. The second-order valence-electron chi connectivity index (χ2n) is 14.1. The van der Waals surface area contributed by atoms with E-state index >= 15 is 0 Å². The monoisotopic (exact) mass is 706 g/mol. The van der Waals surface area contributed by atoms with Crippen molar-refractivity contribution in [1.82, 2.24) is 9.97 Å². The average molecular weight is 707 g/mol. The number of rotatable bonds is 9. The molecule has 0 saturated carbocycles. The smallest absolute Gasteiger partial charge is 0.216 e. The first-order valence-corrected chi connectivity index (χ1v) is 18.5. The van der Waals surface area contributed by atoms with E-state index in [1.54, 1.807) is 0 Å². The molecular weight excluding hydrogens is 669 g/mol. The van der Waals surface area contributed by atoms with Crippen LogP contribution in [0.1, 0.15) is 16.7 Å². The number of nitrogens with one attached hydrogen (secondary N) is 2. The van der Waals surface area contributed by atoms with Crippen LogP contribution in [-0.2, 0) is 14.9 Å². The van der Waals surface area contributed by atoms with Gasteiger partial charge in [-0.2, -0.15) is 0 Å². The summed E-state index contributed by atoms with van der Waals surface area (Å²) < 4.78 is 13.0. The van der Waals surface area contributed by atoms with E-state index in [2.05, 4.69) is 150 Å². The average Bonchev–Trinajstić information content (AvgIpc) is 3.80. The summed E-state index contributed by atoms with van der Waals surface area (Å²) in [5.74, 6) is -1.36. The lowest BCUT2D eigenvalue weighted by Gasteiger charge is -2.40. The predicted molar refractivity (Wildman–Crippen MR) is 218 cm³/mol. The first-order valence-electron chi connectivity index (χ1n) is 18.5. The molecule has 2 aliphatic carbocycles. The summed E-state index contributed by atoms with van der Waals surface area (Å²) in [7, 11) is 0. The highest BCUT2D eigenvalue weighted by atomic mass is 16.7. The number of fused-ring (bicyclic) bond motifs is 8. The molecule has 0 saturated heterocycles. The molecule has 0 atom stereocenters. The summed E-state index contributed by atoms with van der Waals surface area (Å²) in [5, 5.41) is 26.8. The van der Waals surface area contributed by atoms with E-state index in [0.29, 0.717) is 0 Å². The second kappa shape index (κ2) is 12.8. The Morgan fingerprint density at radius 1 is 0.519 bits per heavy atom. The first kappa shape index (κ1) is 32.6. The summed E-state index contributed by atoms with van der Waals surface area (Å²) in [6.07, 6.45) is 10.9. The number of hydrogen-bond donors (Lipinski definition) is 4. The molecule has 10 rings (SSSR count). The third-order valence-corrected chi connectivity index (χ3v) is 11.2. The maximum absolute atomic E-state index is 10.00. The minimum Gasteiger partial charge on any atom is -0.394 e. The molecule has 0 bridgehead atoms. The van der Waals surface area contributed by atoms with Crippen LogP contribution in [0.2, 0.25) is 0 Å². The van der Waals surface area contributed by atoms with Crippen LogP contribution in [0, 0.1) is 0 Å². The van der Waals surface area contributed by atoms with Crippen molar-refractivity contribution in [2.45, 2.75) is 11.2 Å². The number of hydrogen-bond acceptors (Lipinski definition) is 4. The lowest BCUT2D eigenvalue weighted by molar-refractivity contribution is -0.173. The molecule has 8 aromatic rings. The molecule has 0 spiro atoms. The van der Waals surface area contributed by atoms with Crippen LogP contribution in [0.5, 0.6) is 0 Å². The van der Waals surface area contributed by atoms with Crippen molar-refractivity contribution in [1.29, 1.82) is 0 Å². The second-order valence-corrected chi connectivity index (χ2v) is 14.1. The van der Waals surface area contributed by atoms with Crippen molar-refractivity contribution in [3.63, 3.8) is 0 Å². The highest BCUT2D eigenvalue weighted by Crippen LogP contribution is 2.51. The fourth-order valence-corrected chi connectivity index (χ4v) is 8.89. The molecule has 2 aliphatic rings. The van der Waals surface area contributed by atoms with Crippen LogP contribution in [-0.4, -0.2) is 52.4 Å². The molecule has 6 aromatic carbocycles. The van der Waals surface area contributed by atoms with Gasteiger partial charge in [0.2, 0.25) is 5.79 Å². The zero-order valence-electron chi connectivity index (χ0n) is 29.6. The van der Waals surface area contributed by atoms with Crippen LogP contribution in [0.4, 0.5) is 0 Å². The van der Waals surface area contributed by atoms with Crippen molar-refractivity contribution in [3.05, 3.63) is 186 Å². The maximum atomic E-state index is 10.00. The molecule has 6 nitrogen and oxygen atoms in total. The zero-order valence-corrected chi connectivity index (χ0v) is 29.6. The minimum absolute atomic E-state index is 0.0504. The van der Waals surface area contributed by atoms with E-state index in [1.165, 1.54) is 21.5 Å². The van der Waals surface area contributed by atoms with Crippen molar-refractivity contribution in [3.8, 4) is 0 Å². The summed E-state index contributed by atoms with van der Waals surface area (Å²) in [6, 6.07) is 44.7. The normalized spacial score (nSPS) is 16.2. The van der Waals surface area contributed by atoms with Crippen LogP contribution in [0.25, 0.3) is 60.0 Å². The molecule has 6 heteroatoms. The third kappa shape index (κ3) is 4.89. The number of aliphatic hydroxyl groups excluding tert-OH is 2. The number of para-hydroxylation sites is 4. The highest BCUT2D eigenvalue weighted by molar-refractivity contribution is 6.11. The molecule has 4 N–H and O–H groups in total. The number of ether oxygens (including phenoxy) is 2. The number of allylic oxidation sites excluding steroid dienone is 6. The van der Waals surface area contributed by atoms with Crippen molar-refractivity contribution < 1.29 is 19.7 Å². The van der Waals surface area contributed by atoms with Crippen LogP contribution in [0.15, 0.2) is 169 Å². The highest BCUT2D eigenvalue weighted by Gasteiger charge is 2.44.